The summed E-state index contributed by atoms with van der Waals surface area (Å²) < 4.78 is 20.4. The minimum atomic E-state index is -0.869. The number of carbonyl (C=O) groups excluding carboxylic acids is 1. The van der Waals surface area contributed by atoms with Gasteiger partial charge in [0.25, 0.3) is 5.56 Å². The molecule has 0 saturated heterocycles. The van der Waals surface area contributed by atoms with Crippen LogP contribution < -0.4 is 16.0 Å². The summed E-state index contributed by atoms with van der Waals surface area (Å²) in [5.74, 6) is -0.412. The third kappa shape index (κ3) is 4.75. The number of primary amides is 1. The Labute approximate surface area is 188 Å². The molecule has 2 N–H and O–H groups in total. The van der Waals surface area contributed by atoms with Crippen LogP contribution in [0.3, 0.4) is 0 Å². The van der Waals surface area contributed by atoms with Gasteiger partial charge in [0.15, 0.2) is 5.17 Å². The number of aromatic nitrogens is 1. The molecule has 0 fully saturated rings. The molecule has 2 unspecified atom stereocenters. The third-order valence-electron chi connectivity index (χ3n) is 5.22. The van der Waals surface area contributed by atoms with E-state index < -0.39 is 16.7 Å². The molecule has 1 aliphatic rings. The number of thioether (sulfide) groups is 1. The van der Waals surface area contributed by atoms with E-state index in [9.17, 15) is 14.0 Å². The summed E-state index contributed by atoms with van der Waals surface area (Å²) in [5, 5.41) is -0.276. The van der Waals surface area contributed by atoms with Crippen LogP contribution in [-0.2, 0) is 17.8 Å². The first-order valence-electron chi connectivity index (χ1n) is 10.0. The topological polar surface area (TPSA) is 86.7 Å². The summed E-state index contributed by atoms with van der Waals surface area (Å²) in [7, 11) is 0. The number of rotatable bonds is 6. The van der Waals surface area contributed by atoms with E-state index in [1.54, 1.807) is 24.4 Å². The van der Waals surface area contributed by atoms with Crippen LogP contribution >= 0.6 is 11.8 Å². The van der Waals surface area contributed by atoms with Crippen molar-refractivity contribution in [3.8, 4) is 5.75 Å². The van der Waals surface area contributed by atoms with Crippen molar-refractivity contribution >= 4 is 22.8 Å². The summed E-state index contributed by atoms with van der Waals surface area (Å²) in [6.45, 7) is 2.16. The molecule has 0 aliphatic carbocycles. The van der Waals surface area contributed by atoms with Crippen molar-refractivity contribution in [2.24, 2.45) is 10.7 Å². The molecular formula is C24H22FN3O3S. The lowest BCUT2D eigenvalue weighted by Gasteiger charge is -2.25. The van der Waals surface area contributed by atoms with Crippen molar-refractivity contribution in [3.05, 3.63) is 100 Å². The van der Waals surface area contributed by atoms with E-state index in [0.717, 1.165) is 22.9 Å². The minimum Gasteiger partial charge on any atom is -0.489 e. The van der Waals surface area contributed by atoms with Gasteiger partial charge < -0.3 is 10.5 Å². The molecule has 3 aromatic rings. The van der Waals surface area contributed by atoms with Crippen LogP contribution in [0.15, 0.2) is 82.7 Å². The first-order chi connectivity index (χ1) is 15.3. The maximum absolute atomic E-state index is 13.3. The Hall–Kier alpha value is -3.39. The lowest BCUT2D eigenvalue weighted by molar-refractivity contribution is -0.118. The van der Waals surface area contributed by atoms with Gasteiger partial charge in [-0.15, -0.1) is 0 Å². The highest BCUT2D eigenvalue weighted by atomic mass is 32.2. The summed E-state index contributed by atoms with van der Waals surface area (Å²) >= 11 is 1.15. The zero-order chi connectivity index (χ0) is 22.7. The Morgan fingerprint density at radius 2 is 1.88 bits per heavy atom. The quantitative estimate of drug-likeness (QED) is 0.623. The van der Waals surface area contributed by atoms with Crippen molar-refractivity contribution in [2.75, 3.05) is 0 Å². The first kappa shape index (κ1) is 21.8. The lowest BCUT2D eigenvalue weighted by Crippen LogP contribution is -2.43. The molecule has 0 bridgehead atoms. The predicted molar refractivity (Wildman–Crippen MR) is 123 cm³/mol. The molecular weight excluding hydrogens is 429 g/mol. The maximum atomic E-state index is 13.3. The molecule has 2 heterocycles. The summed E-state index contributed by atoms with van der Waals surface area (Å²) in [4.78, 5) is 29.6. The average molecular weight is 452 g/mol. The predicted octanol–water partition coefficient (Wildman–Crippen LogP) is 3.37. The summed E-state index contributed by atoms with van der Waals surface area (Å²) in [6.07, 6.45) is 1.96. The maximum Gasteiger partial charge on any atom is 0.260 e. The number of pyridine rings is 1. The fourth-order valence-corrected chi connectivity index (χ4v) is 4.85. The number of benzene rings is 2. The van der Waals surface area contributed by atoms with Gasteiger partial charge >= 0.3 is 0 Å². The number of ether oxygens (including phenoxy) is 1. The molecule has 8 heteroatoms. The Bertz CT molecular complexity index is 1210. The Balaban J connectivity index is 1.56. The van der Waals surface area contributed by atoms with E-state index in [-0.39, 0.29) is 11.4 Å². The van der Waals surface area contributed by atoms with Crippen molar-refractivity contribution in [3.63, 3.8) is 0 Å². The molecule has 4 rings (SSSR count). The zero-order valence-electron chi connectivity index (χ0n) is 17.4. The number of amides is 1. The third-order valence-corrected chi connectivity index (χ3v) is 6.69. The monoisotopic (exact) mass is 451 g/mol. The van der Waals surface area contributed by atoms with Crippen molar-refractivity contribution in [2.45, 2.75) is 30.7 Å². The molecule has 1 aromatic heterocycles. The number of hydrogen-bond donors (Lipinski definition) is 1. The zero-order valence-corrected chi connectivity index (χ0v) is 18.2. The fraction of sp³-hybridized carbons (Fsp3) is 0.208. The molecule has 32 heavy (non-hydrogen) atoms. The molecule has 6 nitrogen and oxygen atoms in total. The van der Waals surface area contributed by atoms with Crippen LogP contribution in [0.2, 0.25) is 0 Å². The van der Waals surface area contributed by atoms with Crippen LogP contribution in [-0.4, -0.2) is 26.4 Å². The Morgan fingerprint density at radius 1 is 1.16 bits per heavy atom. The fourth-order valence-electron chi connectivity index (χ4n) is 3.61. The summed E-state index contributed by atoms with van der Waals surface area (Å²) in [6, 6.07) is 18.8. The van der Waals surface area contributed by atoms with Crippen molar-refractivity contribution in [1.82, 2.24) is 4.57 Å². The van der Waals surface area contributed by atoms with Crippen LogP contribution in [0, 0.1) is 5.82 Å². The van der Waals surface area contributed by atoms with E-state index in [4.69, 9.17) is 15.5 Å². The van der Waals surface area contributed by atoms with Gasteiger partial charge in [0.05, 0.1) is 5.54 Å². The number of halogens is 1. The van der Waals surface area contributed by atoms with Gasteiger partial charge in [-0.3, -0.25) is 19.1 Å². The molecule has 2 atom stereocenters. The van der Waals surface area contributed by atoms with Gasteiger partial charge in [-0.2, -0.15) is 0 Å². The van der Waals surface area contributed by atoms with Gasteiger partial charge in [0.2, 0.25) is 5.91 Å². The highest BCUT2D eigenvalue weighted by Gasteiger charge is 2.45. The smallest absolute Gasteiger partial charge is 0.260 e. The minimum absolute atomic E-state index is 0.323. The second kappa shape index (κ2) is 9.00. The number of nitrogens with two attached hydrogens (primary N) is 1. The van der Waals surface area contributed by atoms with Crippen molar-refractivity contribution < 1.29 is 13.9 Å². The van der Waals surface area contributed by atoms with E-state index in [1.807, 2.05) is 37.3 Å². The van der Waals surface area contributed by atoms with Gasteiger partial charge in [0, 0.05) is 12.3 Å². The second-order valence-corrected chi connectivity index (χ2v) is 8.87. The van der Waals surface area contributed by atoms with E-state index in [0.29, 0.717) is 23.9 Å². The highest BCUT2D eigenvalue weighted by Crippen LogP contribution is 2.38. The largest absolute Gasteiger partial charge is 0.489 e. The van der Waals surface area contributed by atoms with Gasteiger partial charge in [-0.25, -0.2) is 4.39 Å². The van der Waals surface area contributed by atoms with Crippen LogP contribution in [0.5, 0.6) is 5.75 Å². The highest BCUT2D eigenvalue weighted by molar-refractivity contribution is 8.15. The van der Waals surface area contributed by atoms with Gasteiger partial charge in [-0.1, -0.05) is 54.2 Å². The van der Waals surface area contributed by atoms with E-state index in [2.05, 4.69) is 0 Å². The molecule has 0 saturated carbocycles. The van der Waals surface area contributed by atoms with Crippen molar-refractivity contribution in [1.29, 1.82) is 0 Å². The number of aliphatic imine (C=N–C) groups is 1. The first-order valence-corrected chi connectivity index (χ1v) is 10.9. The van der Waals surface area contributed by atoms with Gasteiger partial charge in [-0.05, 0) is 42.7 Å². The summed E-state index contributed by atoms with van der Waals surface area (Å²) in [5.41, 5.74) is 6.27. The van der Waals surface area contributed by atoms with Crippen LogP contribution in [0.4, 0.5) is 4.39 Å². The lowest BCUT2D eigenvalue weighted by atomic mass is 9.89. The molecule has 0 spiro atoms. The molecule has 1 amide bonds. The molecule has 2 aromatic carbocycles. The SMILES string of the molecule is CC1(Cc2ccc(F)cc2)N=C(n2ccc(OCc3ccccc3)cc2=O)SC1C(N)=O. The van der Waals surface area contributed by atoms with Gasteiger partial charge in [0.1, 0.15) is 23.4 Å². The molecule has 164 valence electrons. The number of carbonyl (C=O) groups is 1. The second-order valence-electron chi connectivity index (χ2n) is 7.80. The molecule has 0 radical (unpaired) electrons. The average Bonchev–Trinajstić information content (AvgIpc) is 3.12. The standard InChI is InChI=1S/C24H22FN3O3S/c1-24(14-16-7-9-18(25)10-8-16)21(22(26)30)32-23(27-24)28-12-11-19(13-20(28)29)31-15-17-5-3-2-4-6-17/h2-13,21H,14-15H2,1H3,(H2,26,30). The Morgan fingerprint density at radius 3 is 2.53 bits per heavy atom. The number of hydrogen-bond acceptors (Lipinski definition) is 5. The Kier molecular flexibility index (Phi) is 6.14. The molecule has 1 aliphatic heterocycles. The normalized spacial score (nSPS) is 20.1. The van der Waals surface area contributed by atoms with E-state index >= 15 is 0 Å². The van der Waals surface area contributed by atoms with Crippen LogP contribution in [0.1, 0.15) is 18.1 Å². The van der Waals surface area contributed by atoms with Crippen LogP contribution in [0.25, 0.3) is 0 Å². The number of nitrogens with zero attached hydrogens (tertiary/aromatic N) is 2. The van der Waals surface area contributed by atoms with E-state index in [1.165, 1.54) is 22.8 Å².